The van der Waals surface area contributed by atoms with Crippen LogP contribution in [-0.4, -0.2) is 34.1 Å². The van der Waals surface area contributed by atoms with Crippen LogP contribution in [0.4, 0.5) is 4.39 Å². The van der Waals surface area contributed by atoms with Crippen LogP contribution in [0.15, 0.2) is 24.3 Å². The summed E-state index contributed by atoms with van der Waals surface area (Å²) in [6, 6.07) is 6.67. The maximum Gasteiger partial charge on any atom is 0.222 e. The van der Waals surface area contributed by atoms with E-state index < -0.39 is 0 Å². The number of nitrogens with zero attached hydrogens (tertiary/aromatic N) is 3. The van der Waals surface area contributed by atoms with Crippen molar-refractivity contribution in [2.24, 2.45) is 5.92 Å². The lowest BCUT2D eigenvalue weighted by Crippen LogP contribution is -2.40. The highest BCUT2D eigenvalue weighted by atomic mass is 32.1. The number of aromatic nitrogens is 2. The summed E-state index contributed by atoms with van der Waals surface area (Å²) < 4.78 is 14.0. The lowest BCUT2D eigenvalue weighted by Gasteiger charge is -2.33. The Morgan fingerprint density at radius 2 is 1.93 bits per heavy atom. The molecule has 0 N–H and O–H groups in total. The minimum atomic E-state index is -0.270. The number of likely N-dealkylation sites (tertiary alicyclic amines) is 1. The van der Waals surface area contributed by atoms with E-state index in [0.717, 1.165) is 30.9 Å². The Bertz CT molecular complexity index is 787. The Morgan fingerprint density at radius 1 is 1.11 bits per heavy atom. The van der Waals surface area contributed by atoms with E-state index >= 15 is 0 Å². The van der Waals surface area contributed by atoms with Crippen molar-refractivity contribution < 1.29 is 9.18 Å². The van der Waals surface area contributed by atoms with Gasteiger partial charge in [-0.1, -0.05) is 42.7 Å². The monoisotopic (exact) mass is 387 g/mol. The van der Waals surface area contributed by atoms with Crippen molar-refractivity contribution in [1.29, 1.82) is 0 Å². The van der Waals surface area contributed by atoms with Crippen LogP contribution >= 0.6 is 11.3 Å². The van der Waals surface area contributed by atoms with Gasteiger partial charge in [0.2, 0.25) is 5.91 Å². The molecule has 1 aromatic heterocycles. The lowest BCUT2D eigenvalue weighted by atomic mass is 9.86. The summed E-state index contributed by atoms with van der Waals surface area (Å²) in [5.74, 6) is 0.812. The van der Waals surface area contributed by atoms with Gasteiger partial charge in [-0.2, -0.15) is 0 Å². The fraction of sp³-hybridized carbons (Fsp3) is 0.571. The molecular formula is C21H26FN3OS. The molecule has 2 aliphatic rings. The normalized spacial score (nSPS) is 21.4. The summed E-state index contributed by atoms with van der Waals surface area (Å²) in [5.41, 5.74) is 0.502. The predicted octanol–water partition coefficient (Wildman–Crippen LogP) is 5.02. The van der Waals surface area contributed by atoms with Gasteiger partial charge in [0.1, 0.15) is 10.8 Å². The van der Waals surface area contributed by atoms with Crippen LogP contribution < -0.4 is 0 Å². The number of halogens is 1. The highest BCUT2D eigenvalue weighted by Crippen LogP contribution is 2.34. The van der Waals surface area contributed by atoms with Crippen LogP contribution in [0.5, 0.6) is 0 Å². The summed E-state index contributed by atoms with van der Waals surface area (Å²) in [6.07, 6.45) is 8.96. The molecule has 27 heavy (non-hydrogen) atoms. The molecule has 4 rings (SSSR count). The van der Waals surface area contributed by atoms with Crippen LogP contribution in [0.2, 0.25) is 0 Å². The van der Waals surface area contributed by atoms with Gasteiger partial charge in [-0.25, -0.2) is 4.39 Å². The summed E-state index contributed by atoms with van der Waals surface area (Å²) in [5, 5.41) is 10.1. The zero-order chi connectivity index (χ0) is 18.6. The van der Waals surface area contributed by atoms with E-state index in [4.69, 9.17) is 0 Å². The molecule has 0 radical (unpaired) electrons. The highest BCUT2D eigenvalue weighted by Gasteiger charge is 2.29. The third-order valence-electron chi connectivity index (χ3n) is 5.86. The molecule has 1 aliphatic heterocycles. The first-order valence-electron chi connectivity index (χ1n) is 10.1. The summed E-state index contributed by atoms with van der Waals surface area (Å²) in [4.78, 5) is 14.8. The van der Waals surface area contributed by atoms with E-state index in [0.29, 0.717) is 28.8 Å². The number of carbonyl (C=O) groups is 1. The van der Waals surface area contributed by atoms with Crippen molar-refractivity contribution >= 4 is 17.2 Å². The summed E-state index contributed by atoms with van der Waals surface area (Å²) in [6.45, 7) is 1.57. The van der Waals surface area contributed by atoms with Gasteiger partial charge in [0, 0.05) is 31.0 Å². The number of benzene rings is 1. The Labute approximate surface area is 163 Å². The predicted molar refractivity (Wildman–Crippen MR) is 105 cm³/mol. The van der Waals surface area contributed by atoms with E-state index in [1.54, 1.807) is 12.1 Å². The van der Waals surface area contributed by atoms with Crippen molar-refractivity contribution in [3.8, 4) is 10.6 Å². The molecule has 144 valence electrons. The Morgan fingerprint density at radius 3 is 2.74 bits per heavy atom. The highest BCUT2D eigenvalue weighted by molar-refractivity contribution is 7.14. The van der Waals surface area contributed by atoms with Crippen LogP contribution in [-0.2, 0) is 4.79 Å². The third-order valence-corrected chi connectivity index (χ3v) is 6.98. The molecule has 1 atom stereocenters. The second-order valence-corrected chi connectivity index (χ2v) is 8.82. The van der Waals surface area contributed by atoms with E-state index in [1.165, 1.54) is 49.5 Å². The maximum atomic E-state index is 14.0. The number of carbonyl (C=O) groups excluding carboxylic acids is 1. The van der Waals surface area contributed by atoms with Gasteiger partial charge in [-0.05, 0) is 43.7 Å². The van der Waals surface area contributed by atoms with Gasteiger partial charge in [0.05, 0.1) is 0 Å². The van der Waals surface area contributed by atoms with Crippen molar-refractivity contribution in [2.45, 2.75) is 57.3 Å². The van der Waals surface area contributed by atoms with Gasteiger partial charge >= 0.3 is 0 Å². The molecule has 1 unspecified atom stereocenters. The average Bonchev–Trinajstić information content (AvgIpc) is 3.19. The minimum Gasteiger partial charge on any atom is -0.342 e. The Balaban J connectivity index is 1.41. The largest absolute Gasteiger partial charge is 0.342 e. The first-order valence-corrected chi connectivity index (χ1v) is 10.9. The average molecular weight is 388 g/mol. The van der Waals surface area contributed by atoms with E-state index in [9.17, 15) is 9.18 Å². The first kappa shape index (κ1) is 18.5. The van der Waals surface area contributed by atoms with Gasteiger partial charge in [-0.15, -0.1) is 10.2 Å². The number of piperidine rings is 1. The molecule has 2 fully saturated rings. The zero-order valence-electron chi connectivity index (χ0n) is 15.6. The molecule has 1 aliphatic carbocycles. The van der Waals surface area contributed by atoms with Gasteiger partial charge in [-0.3, -0.25) is 4.79 Å². The van der Waals surface area contributed by atoms with Crippen LogP contribution in [0.1, 0.15) is 62.3 Å². The quantitative estimate of drug-likeness (QED) is 0.740. The van der Waals surface area contributed by atoms with Crippen molar-refractivity contribution in [2.75, 3.05) is 13.1 Å². The van der Waals surface area contributed by atoms with Gasteiger partial charge in [0.15, 0.2) is 5.01 Å². The summed E-state index contributed by atoms with van der Waals surface area (Å²) in [7, 11) is 0. The molecule has 6 heteroatoms. The van der Waals surface area contributed by atoms with Gasteiger partial charge in [0.25, 0.3) is 0 Å². The molecule has 2 aromatic rings. The number of hydrogen-bond acceptors (Lipinski definition) is 4. The van der Waals surface area contributed by atoms with Crippen LogP contribution in [0, 0.1) is 11.7 Å². The number of amides is 1. The second-order valence-electron chi connectivity index (χ2n) is 7.81. The molecule has 1 amide bonds. The molecular weight excluding hydrogens is 361 g/mol. The Hall–Kier alpha value is -1.82. The third kappa shape index (κ3) is 4.37. The zero-order valence-corrected chi connectivity index (χ0v) is 16.4. The minimum absolute atomic E-state index is 0.215. The van der Waals surface area contributed by atoms with Crippen LogP contribution in [0.3, 0.4) is 0 Å². The summed E-state index contributed by atoms with van der Waals surface area (Å²) >= 11 is 1.46. The van der Waals surface area contributed by atoms with Crippen molar-refractivity contribution in [1.82, 2.24) is 15.1 Å². The Kier molecular flexibility index (Phi) is 5.81. The standard InChI is InChI=1S/C21H26FN3OS/c22-18-11-5-4-10-17(18)21-24-23-20(27-21)16-9-6-12-25(14-16)19(26)13-15-7-2-1-3-8-15/h4-5,10-11,15-16H,1-3,6-9,12-14H2. The number of rotatable bonds is 4. The first-order chi connectivity index (χ1) is 13.2. The molecule has 4 nitrogen and oxygen atoms in total. The van der Waals surface area contributed by atoms with Crippen molar-refractivity contribution in [3.05, 3.63) is 35.1 Å². The van der Waals surface area contributed by atoms with Crippen molar-refractivity contribution in [3.63, 3.8) is 0 Å². The lowest BCUT2D eigenvalue weighted by molar-refractivity contribution is -0.133. The molecule has 1 saturated heterocycles. The van der Waals surface area contributed by atoms with Gasteiger partial charge < -0.3 is 4.90 Å². The molecule has 1 aromatic carbocycles. The SMILES string of the molecule is O=C(CC1CCCCC1)N1CCCC(c2nnc(-c3ccccc3F)s2)C1. The van der Waals surface area contributed by atoms with E-state index in [-0.39, 0.29) is 11.7 Å². The fourth-order valence-electron chi connectivity index (χ4n) is 4.32. The van der Waals surface area contributed by atoms with Crippen LogP contribution in [0.25, 0.3) is 10.6 Å². The molecule has 1 saturated carbocycles. The molecule has 2 heterocycles. The second kappa shape index (κ2) is 8.46. The topological polar surface area (TPSA) is 46.1 Å². The molecule has 0 bridgehead atoms. The maximum absolute atomic E-state index is 14.0. The van der Waals surface area contributed by atoms with E-state index in [1.807, 2.05) is 11.0 Å². The van der Waals surface area contributed by atoms with E-state index in [2.05, 4.69) is 10.2 Å². The number of hydrogen-bond donors (Lipinski definition) is 0. The molecule has 0 spiro atoms. The fourth-order valence-corrected chi connectivity index (χ4v) is 5.31. The smallest absolute Gasteiger partial charge is 0.222 e.